The molecule has 0 aromatic heterocycles. The van der Waals surface area contributed by atoms with Crippen molar-refractivity contribution >= 4 is 11.8 Å². The maximum atomic E-state index is 8.70. The van der Waals surface area contributed by atoms with Crippen LogP contribution in [0.25, 0.3) is 0 Å². The van der Waals surface area contributed by atoms with Crippen LogP contribution in [0.15, 0.2) is 0 Å². The van der Waals surface area contributed by atoms with Crippen LogP contribution >= 0.6 is 11.8 Å². The van der Waals surface area contributed by atoms with Crippen molar-refractivity contribution < 1.29 is 5.11 Å². The molecule has 1 aliphatic heterocycles. The lowest BCUT2D eigenvalue weighted by molar-refractivity contribution is 0.244. The van der Waals surface area contributed by atoms with Gasteiger partial charge >= 0.3 is 0 Å². The Morgan fingerprint density at radius 1 is 1.42 bits per heavy atom. The highest BCUT2D eigenvalue weighted by molar-refractivity contribution is 7.99. The predicted molar refractivity (Wildman–Crippen MR) is 53.4 cm³/mol. The Bertz CT molecular complexity index is 126. The minimum atomic E-state index is 0.119. The van der Waals surface area contributed by atoms with E-state index >= 15 is 0 Å². The predicted octanol–water partition coefficient (Wildman–Crippen LogP) is -0.207. The molecule has 4 heteroatoms. The van der Waals surface area contributed by atoms with Crippen LogP contribution in [0.1, 0.15) is 12.8 Å². The highest BCUT2D eigenvalue weighted by atomic mass is 32.2. The van der Waals surface area contributed by atoms with Gasteiger partial charge in [-0.1, -0.05) is 0 Å². The van der Waals surface area contributed by atoms with E-state index in [1.165, 1.54) is 11.5 Å². The summed E-state index contributed by atoms with van der Waals surface area (Å²) in [5.41, 5.74) is 5.84. The summed E-state index contributed by atoms with van der Waals surface area (Å²) < 4.78 is 0. The molecule has 0 atom stereocenters. The van der Waals surface area contributed by atoms with Crippen LogP contribution in [0.3, 0.4) is 0 Å². The van der Waals surface area contributed by atoms with Crippen molar-refractivity contribution in [3.63, 3.8) is 0 Å². The molecule has 0 bridgehead atoms. The van der Waals surface area contributed by atoms with Gasteiger partial charge in [0.15, 0.2) is 0 Å². The monoisotopic (exact) mass is 190 g/mol. The normalized spacial score (nSPS) is 22.5. The summed E-state index contributed by atoms with van der Waals surface area (Å²) in [6, 6.07) is 0. The zero-order valence-electron chi connectivity index (χ0n) is 7.38. The molecule has 0 radical (unpaired) electrons. The van der Waals surface area contributed by atoms with Gasteiger partial charge in [-0.25, -0.2) is 0 Å². The third-order valence-electron chi connectivity index (χ3n) is 2.45. The third kappa shape index (κ3) is 2.62. The molecule has 1 heterocycles. The Hall–Kier alpha value is 0.230. The van der Waals surface area contributed by atoms with E-state index in [0.717, 1.165) is 12.8 Å². The molecule has 4 N–H and O–H groups in total. The first-order valence-corrected chi connectivity index (χ1v) is 5.62. The van der Waals surface area contributed by atoms with Crippen LogP contribution in [0, 0.1) is 0 Å². The molecule has 1 rings (SSSR count). The first kappa shape index (κ1) is 10.3. The fourth-order valence-corrected chi connectivity index (χ4v) is 2.81. The zero-order valence-corrected chi connectivity index (χ0v) is 8.20. The molecule has 1 fully saturated rings. The van der Waals surface area contributed by atoms with Gasteiger partial charge in [0.05, 0.1) is 6.61 Å². The van der Waals surface area contributed by atoms with Crippen LogP contribution in [-0.4, -0.2) is 41.8 Å². The van der Waals surface area contributed by atoms with E-state index in [1.807, 2.05) is 11.8 Å². The van der Waals surface area contributed by atoms with Crippen molar-refractivity contribution in [2.24, 2.45) is 5.73 Å². The van der Waals surface area contributed by atoms with Crippen molar-refractivity contribution in [2.45, 2.75) is 18.4 Å². The number of hydrogen-bond donors (Lipinski definition) is 3. The molecule has 0 saturated carbocycles. The minimum absolute atomic E-state index is 0.119. The molecule has 0 aromatic carbocycles. The minimum Gasteiger partial charge on any atom is -0.395 e. The van der Waals surface area contributed by atoms with E-state index in [9.17, 15) is 0 Å². The van der Waals surface area contributed by atoms with Crippen LogP contribution in [0.4, 0.5) is 0 Å². The highest BCUT2D eigenvalue weighted by Gasteiger charge is 2.29. The fourth-order valence-electron chi connectivity index (χ4n) is 1.54. The van der Waals surface area contributed by atoms with Crippen LogP contribution in [0.5, 0.6) is 0 Å². The maximum absolute atomic E-state index is 8.70. The molecule has 1 saturated heterocycles. The highest BCUT2D eigenvalue weighted by Crippen LogP contribution is 2.25. The SMILES string of the molecule is NCC1(NCCO)CCSCC1. The summed E-state index contributed by atoms with van der Waals surface area (Å²) in [7, 11) is 0. The van der Waals surface area contributed by atoms with Gasteiger partial charge in [0.2, 0.25) is 0 Å². The van der Waals surface area contributed by atoms with Gasteiger partial charge in [-0.05, 0) is 24.3 Å². The summed E-state index contributed by atoms with van der Waals surface area (Å²) in [5, 5.41) is 12.0. The second-order valence-electron chi connectivity index (χ2n) is 3.25. The van der Waals surface area contributed by atoms with Gasteiger partial charge in [0.25, 0.3) is 0 Å². The van der Waals surface area contributed by atoms with Gasteiger partial charge in [0, 0.05) is 18.6 Å². The summed E-state index contributed by atoms with van der Waals surface area (Å²) in [5.74, 6) is 2.38. The molecule has 0 aromatic rings. The van der Waals surface area contributed by atoms with Gasteiger partial charge in [-0.2, -0.15) is 11.8 Å². The second-order valence-corrected chi connectivity index (χ2v) is 4.47. The fraction of sp³-hybridized carbons (Fsp3) is 1.00. The number of nitrogens with one attached hydrogen (secondary N) is 1. The van der Waals surface area contributed by atoms with Crippen molar-refractivity contribution in [3.05, 3.63) is 0 Å². The molecular formula is C8H18N2OS. The largest absolute Gasteiger partial charge is 0.395 e. The molecule has 0 spiro atoms. The molecule has 3 nitrogen and oxygen atoms in total. The standard InChI is InChI=1S/C8H18N2OS/c9-7-8(10-3-4-11)1-5-12-6-2-8/h10-11H,1-7,9H2. The molecule has 0 amide bonds. The van der Waals surface area contributed by atoms with E-state index in [0.29, 0.717) is 13.1 Å². The number of hydrogen-bond acceptors (Lipinski definition) is 4. The molecule has 0 aliphatic carbocycles. The summed E-state index contributed by atoms with van der Waals surface area (Å²) in [4.78, 5) is 0. The van der Waals surface area contributed by atoms with Gasteiger partial charge < -0.3 is 16.2 Å². The zero-order chi connectivity index (χ0) is 8.86. The van der Waals surface area contributed by atoms with E-state index < -0.39 is 0 Å². The number of thioether (sulfide) groups is 1. The topological polar surface area (TPSA) is 58.3 Å². The average Bonchev–Trinajstić information content (AvgIpc) is 2.16. The van der Waals surface area contributed by atoms with E-state index in [4.69, 9.17) is 10.8 Å². The van der Waals surface area contributed by atoms with Crippen LogP contribution in [0.2, 0.25) is 0 Å². The Morgan fingerprint density at radius 3 is 2.58 bits per heavy atom. The Kier molecular flexibility index (Phi) is 4.35. The molecule has 1 aliphatic rings. The van der Waals surface area contributed by atoms with Gasteiger partial charge in [-0.15, -0.1) is 0 Å². The van der Waals surface area contributed by atoms with Crippen LogP contribution in [-0.2, 0) is 0 Å². The Labute approximate surface area is 78.1 Å². The Morgan fingerprint density at radius 2 is 2.08 bits per heavy atom. The summed E-state index contributed by atoms with van der Waals surface area (Å²) in [6.45, 7) is 1.56. The van der Waals surface area contributed by atoms with E-state index in [2.05, 4.69) is 5.32 Å². The van der Waals surface area contributed by atoms with E-state index in [1.54, 1.807) is 0 Å². The number of nitrogens with two attached hydrogens (primary N) is 1. The second kappa shape index (κ2) is 5.07. The van der Waals surface area contributed by atoms with Gasteiger partial charge in [0.1, 0.15) is 0 Å². The van der Waals surface area contributed by atoms with Gasteiger partial charge in [-0.3, -0.25) is 0 Å². The number of β-amino-alcohol motifs (C(OH)–C–C–N with tert-alkyl or cyclic N) is 1. The molecule has 0 unspecified atom stereocenters. The lowest BCUT2D eigenvalue weighted by atomic mass is 9.92. The summed E-state index contributed by atoms with van der Waals surface area (Å²) >= 11 is 1.99. The van der Waals surface area contributed by atoms with E-state index in [-0.39, 0.29) is 12.1 Å². The van der Waals surface area contributed by atoms with Crippen molar-refractivity contribution in [1.82, 2.24) is 5.32 Å². The molecular weight excluding hydrogens is 172 g/mol. The number of rotatable bonds is 4. The molecule has 12 heavy (non-hydrogen) atoms. The lowest BCUT2D eigenvalue weighted by Gasteiger charge is -2.36. The van der Waals surface area contributed by atoms with Crippen molar-refractivity contribution in [3.8, 4) is 0 Å². The summed E-state index contributed by atoms with van der Waals surface area (Å²) in [6.07, 6.45) is 2.27. The first-order chi connectivity index (χ1) is 5.83. The van der Waals surface area contributed by atoms with Crippen LogP contribution < -0.4 is 11.1 Å². The lowest BCUT2D eigenvalue weighted by Crippen LogP contribution is -2.54. The third-order valence-corrected chi connectivity index (χ3v) is 3.44. The first-order valence-electron chi connectivity index (χ1n) is 4.47. The molecule has 72 valence electrons. The van der Waals surface area contributed by atoms with Crippen molar-refractivity contribution in [2.75, 3.05) is 31.2 Å². The Balaban J connectivity index is 2.37. The average molecular weight is 190 g/mol. The number of aliphatic hydroxyl groups is 1. The quantitative estimate of drug-likeness (QED) is 0.574. The smallest absolute Gasteiger partial charge is 0.0556 e. The van der Waals surface area contributed by atoms with Crippen molar-refractivity contribution in [1.29, 1.82) is 0 Å². The maximum Gasteiger partial charge on any atom is 0.0556 e. The number of aliphatic hydroxyl groups excluding tert-OH is 1.